The van der Waals surface area contributed by atoms with Crippen LogP contribution in [0.25, 0.3) is 99.9 Å². The van der Waals surface area contributed by atoms with Crippen LogP contribution in [0, 0.1) is 0 Å². The van der Waals surface area contributed by atoms with Gasteiger partial charge in [0.15, 0.2) is 17.5 Å². The molecule has 0 aliphatic heterocycles. The molecule has 11 aromatic rings. The van der Waals surface area contributed by atoms with Gasteiger partial charge in [0.1, 0.15) is 0 Å². The van der Waals surface area contributed by atoms with Crippen molar-refractivity contribution in [3.8, 4) is 67.5 Å². The van der Waals surface area contributed by atoms with Crippen molar-refractivity contribution in [1.82, 2.24) is 15.0 Å². The molecule has 0 saturated carbocycles. The summed E-state index contributed by atoms with van der Waals surface area (Å²) in [5.74, 6) is 1.94. The molecule has 0 radical (unpaired) electrons. The van der Waals surface area contributed by atoms with E-state index in [1.54, 1.807) is 0 Å². The maximum atomic E-state index is 5.21. The zero-order valence-electron chi connectivity index (χ0n) is 33.0. The SMILES string of the molecule is c1ccc(-c2ccc(-c3nc(-c4ccccc4)nc(-c4ccc5c(c4)-c4ccccc4C54c5ccccc5-c5cc6c7ccccc7c7ccccc7c6cc54)n3)cc2)cc1. The highest BCUT2D eigenvalue weighted by Crippen LogP contribution is 2.63. The van der Waals surface area contributed by atoms with E-state index in [-0.39, 0.29) is 0 Å². The fourth-order valence-electron chi connectivity index (χ4n) is 10.5. The molecule has 1 heterocycles. The molecule has 0 saturated heterocycles. The lowest BCUT2D eigenvalue weighted by molar-refractivity contribution is 0.795. The van der Waals surface area contributed by atoms with Gasteiger partial charge in [-0.1, -0.05) is 194 Å². The minimum absolute atomic E-state index is 0.503. The van der Waals surface area contributed by atoms with Gasteiger partial charge in [-0.2, -0.15) is 0 Å². The van der Waals surface area contributed by atoms with Crippen LogP contribution in [0.3, 0.4) is 0 Å². The Bertz CT molecular complexity index is 3580. The number of benzene rings is 10. The molecule has 0 N–H and O–H groups in total. The van der Waals surface area contributed by atoms with Crippen LogP contribution in [0.1, 0.15) is 22.3 Å². The van der Waals surface area contributed by atoms with Crippen molar-refractivity contribution in [2.75, 3.05) is 0 Å². The third kappa shape index (κ3) is 4.89. The Labute approximate surface area is 353 Å². The molecule has 3 nitrogen and oxygen atoms in total. The monoisotopic (exact) mass is 773 g/mol. The van der Waals surface area contributed by atoms with Gasteiger partial charge >= 0.3 is 0 Å². The maximum absolute atomic E-state index is 5.21. The zero-order valence-corrected chi connectivity index (χ0v) is 33.0. The number of fused-ring (bicyclic) bond motifs is 16. The van der Waals surface area contributed by atoms with Crippen molar-refractivity contribution in [1.29, 1.82) is 0 Å². The molecule has 13 rings (SSSR count). The lowest BCUT2D eigenvalue weighted by atomic mass is 9.70. The Morgan fingerprint density at radius 1 is 0.230 bits per heavy atom. The standard InChI is InChI=1S/C58H35N3/c1-3-15-36(16-4-1)37-27-29-39(30-28-37)56-59-55(38-17-5-2-6-18-38)60-57(61-56)40-31-32-53-49(33-40)45-23-11-13-25-51(45)58(53)52-26-14-12-24-46(52)50-34-47-43-21-9-7-19-41(43)42-20-8-10-22-44(42)48(47)35-54(50)58/h1-35H. The molecule has 1 aromatic heterocycles. The van der Waals surface area contributed by atoms with Gasteiger partial charge in [0, 0.05) is 16.7 Å². The first kappa shape index (κ1) is 33.9. The van der Waals surface area contributed by atoms with Crippen molar-refractivity contribution < 1.29 is 0 Å². The second-order valence-corrected chi connectivity index (χ2v) is 16.3. The Hall–Kier alpha value is -8.01. The minimum atomic E-state index is -0.503. The van der Waals surface area contributed by atoms with Gasteiger partial charge < -0.3 is 0 Å². The summed E-state index contributed by atoms with van der Waals surface area (Å²) < 4.78 is 0. The zero-order chi connectivity index (χ0) is 40.1. The molecule has 0 bridgehead atoms. The smallest absolute Gasteiger partial charge is 0.164 e. The molecule has 0 fully saturated rings. The number of hydrogen-bond acceptors (Lipinski definition) is 3. The van der Waals surface area contributed by atoms with Gasteiger partial charge in [-0.05, 0) is 106 Å². The number of aromatic nitrogens is 3. The van der Waals surface area contributed by atoms with Gasteiger partial charge in [0.2, 0.25) is 0 Å². The van der Waals surface area contributed by atoms with Gasteiger partial charge in [-0.15, -0.1) is 0 Å². The van der Waals surface area contributed by atoms with Crippen molar-refractivity contribution in [3.05, 3.63) is 235 Å². The Morgan fingerprint density at radius 3 is 1.20 bits per heavy atom. The van der Waals surface area contributed by atoms with E-state index >= 15 is 0 Å². The van der Waals surface area contributed by atoms with E-state index in [9.17, 15) is 0 Å². The van der Waals surface area contributed by atoms with Crippen LogP contribution in [-0.4, -0.2) is 15.0 Å². The largest absolute Gasteiger partial charge is 0.208 e. The molecule has 3 heteroatoms. The quantitative estimate of drug-likeness (QED) is 0.167. The molecule has 1 spiro atoms. The fraction of sp³-hybridized carbons (Fsp3) is 0.0172. The molecule has 1 atom stereocenters. The lowest BCUT2D eigenvalue weighted by Crippen LogP contribution is -2.25. The summed E-state index contributed by atoms with van der Waals surface area (Å²) in [4.78, 5) is 15.4. The summed E-state index contributed by atoms with van der Waals surface area (Å²) in [7, 11) is 0. The third-order valence-corrected chi connectivity index (χ3v) is 13.1. The topological polar surface area (TPSA) is 38.7 Å². The summed E-state index contributed by atoms with van der Waals surface area (Å²) in [6.07, 6.45) is 0. The van der Waals surface area contributed by atoms with E-state index in [1.807, 2.05) is 24.3 Å². The van der Waals surface area contributed by atoms with E-state index in [0.29, 0.717) is 17.5 Å². The van der Waals surface area contributed by atoms with Crippen LogP contribution in [0.2, 0.25) is 0 Å². The highest BCUT2D eigenvalue weighted by atomic mass is 15.0. The lowest BCUT2D eigenvalue weighted by Gasteiger charge is -2.30. The fourth-order valence-corrected chi connectivity index (χ4v) is 10.5. The van der Waals surface area contributed by atoms with Crippen LogP contribution in [0.15, 0.2) is 212 Å². The van der Waals surface area contributed by atoms with Crippen LogP contribution >= 0.6 is 0 Å². The van der Waals surface area contributed by atoms with E-state index in [2.05, 4.69) is 188 Å². The van der Waals surface area contributed by atoms with Gasteiger partial charge in [0.25, 0.3) is 0 Å². The van der Waals surface area contributed by atoms with Crippen LogP contribution < -0.4 is 0 Å². The van der Waals surface area contributed by atoms with Crippen LogP contribution in [0.5, 0.6) is 0 Å². The van der Waals surface area contributed by atoms with E-state index in [0.717, 1.165) is 22.3 Å². The predicted octanol–water partition coefficient (Wildman–Crippen LogP) is 14.3. The molecule has 2 aliphatic carbocycles. The molecular formula is C58H35N3. The summed E-state index contributed by atoms with van der Waals surface area (Å²) in [5.41, 5.74) is 14.9. The second kappa shape index (κ2) is 13.0. The van der Waals surface area contributed by atoms with Gasteiger partial charge in [-0.25, -0.2) is 15.0 Å². The normalized spacial score (nSPS) is 14.6. The summed E-state index contributed by atoms with van der Waals surface area (Å²) in [5, 5.41) is 7.71. The second-order valence-electron chi connectivity index (χ2n) is 16.3. The molecule has 1 unspecified atom stereocenters. The average molecular weight is 774 g/mol. The van der Waals surface area contributed by atoms with E-state index < -0.39 is 5.41 Å². The molecule has 61 heavy (non-hydrogen) atoms. The number of nitrogens with zero attached hydrogens (tertiary/aromatic N) is 3. The molecule has 282 valence electrons. The highest BCUT2D eigenvalue weighted by Gasteiger charge is 2.51. The predicted molar refractivity (Wildman–Crippen MR) is 250 cm³/mol. The van der Waals surface area contributed by atoms with Crippen LogP contribution in [-0.2, 0) is 5.41 Å². The van der Waals surface area contributed by atoms with Crippen molar-refractivity contribution in [3.63, 3.8) is 0 Å². The Kier molecular flexibility index (Phi) is 7.22. The third-order valence-electron chi connectivity index (χ3n) is 13.1. The maximum Gasteiger partial charge on any atom is 0.164 e. The van der Waals surface area contributed by atoms with Crippen molar-refractivity contribution >= 4 is 32.3 Å². The Morgan fingerprint density at radius 2 is 0.607 bits per heavy atom. The highest BCUT2D eigenvalue weighted by molar-refractivity contribution is 6.26. The summed E-state index contributed by atoms with van der Waals surface area (Å²) >= 11 is 0. The molecule has 0 amide bonds. The molecular weight excluding hydrogens is 739 g/mol. The van der Waals surface area contributed by atoms with Crippen LogP contribution in [0.4, 0.5) is 0 Å². The summed E-state index contributed by atoms with van der Waals surface area (Å²) in [6, 6.07) is 76.9. The van der Waals surface area contributed by atoms with Crippen molar-refractivity contribution in [2.45, 2.75) is 5.41 Å². The molecule has 10 aromatic carbocycles. The van der Waals surface area contributed by atoms with Gasteiger partial charge in [-0.3, -0.25) is 0 Å². The van der Waals surface area contributed by atoms with Crippen molar-refractivity contribution in [2.24, 2.45) is 0 Å². The minimum Gasteiger partial charge on any atom is -0.208 e. The van der Waals surface area contributed by atoms with E-state index in [4.69, 9.17) is 15.0 Å². The summed E-state index contributed by atoms with van der Waals surface area (Å²) in [6.45, 7) is 0. The average Bonchev–Trinajstić information content (AvgIpc) is 3.80. The van der Waals surface area contributed by atoms with Gasteiger partial charge in [0.05, 0.1) is 5.41 Å². The van der Waals surface area contributed by atoms with E-state index in [1.165, 1.54) is 82.4 Å². The first-order valence-electron chi connectivity index (χ1n) is 20.9. The first-order chi connectivity index (χ1) is 30.2. The number of rotatable bonds is 4. The molecule has 2 aliphatic rings. The Balaban J connectivity index is 1.03. The first-order valence-corrected chi connectivity index (χ1v) is 20.9. The number of hydrogen-bond donors (Lipinski definition) is 0.